The molecule has 0 unspecified atom stereocenters. The van der Waals surface area contributed by atoms with Crippen LogP contribution in [0.5, 0.6) is 5.75 Å². The van der Waals surface area contributed by atoms with Gasteiger partial charge in [0.25, 0.3) is 0 Å². The van der Waals surface area contributed by atoms with Gasteiger partial charge in [-0.25, -0.2) is 0 Å². The van der Waals surface area contributed by atoms with Crippen molar-refractivity contribution in [3.05, 3.63) is 91.9 Å². The molecule has 5 heteroatoms. The van der Waals surface area contributed by atoms with Crippen LogP contribution in [-0.2, 0) is 13.2 Å². The standard InChI is InChI=1S/C22H20Cl3NO/c1-14-7-8-21(15(2)9-14)26-12-17-10-18(23)11-20(25)22(17)27-13-16-5-3-4-6-19(16)24/h3-11,26H,12-13H2,1-2H3. The molecule has 1 N–H and O–H groups in total. The molecule has 0 bridgehead atoms. The highest BCUT2D eigenvalue weighted by atomic mass is 35.5. The Morgan fingerprint density at radius 3 is 2.37 bits per heavy atom. The Hall–Kier alpha value is -1.87. The van der Waals surface area contributed by atoms with Gasteiger partial charge in [-0.1, -0.05) is 70.7 Å². The van der Waals surface area contributed by atoms with Crippen molar-refractivity contribution in [3.63, 3.8) is 0 Å². The summed E-state index contributed by atoms with van der Waals surface area (Å²) in [6.07, 6.45) is 0. The van der Waals surface area contributed by atoms with E-state index in [1.165, 1.54) is 11.1 Å². The van der Waals surface area contributed by atoms with Gasteiger partial charge in [-0.05, 0) is 43.7 Å². The minimum Gasteiger partial charge on any atom is -0.487 e. The molecule has 0 saturated carbocycles. The van der Waals surface area contributed by atoms with Gasteiger partial charge in [0.1, 0.15) is 12.4 Å². The maximum atomic E-state index is 6.40. The normalized spacial score (nSPS) is 10.7. The van der Waals surface area contributed by atoms with Crippen LogP contribution in [0.25, 0.3) is 0 Å². The fraction of sp³-hybridized carbons (Fsp3) is 0.182. The maximum absolute atomic E-state index is 6.40. The molecule has 0 spiro atoms. The molecule has 0 atom stereocenters. The summed E-state index contributed by atoms with van der Waals surface area (Å²) in [4.78, 5) is 0. The number of nitrogens with one attached hydrogen (secondary N) is 1. The highest BCUT2D eigenvalue weighted by molar-refractivity contribution is 6.35. The highest BCUT2D eigenvalue weighted by Gasteiger charge is 2.12. The van der Waals surface area contributed by atoms with Gasteiger partial charge in [-0.2, -0.15) is 0 Å². The average molecular weight is 421 g/mol. The number of rotatable bonds is 6. The van der Waals surface area contributed by atoms with Crippen molar-refractivity contribution in [2.45, 2.75) is 27.0 Å². The van der Waals surface area contributed by atoms with Gasteiger partial charge in [0.05, 0.1) is 5.02 Å². The van der Waals surface area contributed by atoms with E-state index in [0.717, 1.165) is 16.8 Å². The number of halogens is 3. The second kappa shape index (κ2) is 8.88. The number of ether oxygens (including phenoxy) is 1. The molecular weight excluding hydrogens is 401 g/mol. The third-order valence-electron chi connectivity index (χ3n) is 4.27. The minimum absolute atomic E-state index is 0.331. The van der Waals surface area contributed by atoms with E-state index in [0.29, 0.717) is 34.0 Å². The molecule has 0 heterocycles. The van der Waals surface area contributed by atoms with E-state index in [9.17, 15) is 0 Å². The summed E-state index contributed by atoms with van der Waals surface area (Å²) >= 11 is 18.8. The van der Waals surface area contributed by atoms with E-state index >= 15 is 0 Å². The van der Waals surface area contributed by atoms with E-state index in [4.69, 9.17) is 39.5 Å². The van der Waals surface area contributed by atoms with Crippen LogP contribution in [0.3, 0.4) is 0 Å². The van der Waals surface area contributed by atoms with Crippen LogP contribution in [-0.4, -0.2) is 0 Å². The first-order valence-electron chi connectivity index (χ1n) is 8.59. The van der Waals surface area contributed by atoms with Crippen molar-refractivity contribution in [1.82, 2.24) is 0 Å². The van der Waals surface area contributed by atoms with Crippen molar-refractivity contribution in [2.75, 3.05) is 5.32 Å². The van der Waals surface area contributed by atoms with Crippen LogP contribution in [0.2, 0.25) is 15.1 Å². The van der Waals surface area contributed by atoms with E-state index in [2.05, 4.69) is 37.4 Å². The van der Waals surface area contributed by atoms with Crippen molar-refractivity contribution in [3.8, 4) is 5.75 Å². The molecule has 0 amide bonds. The molecule has 0 radical (unpaired) electrons. The Kier molecular flexibility index (Phi) is 6.54. The summed E-state index contributed by atoms with van der Waals surface area (Å²) in [7, 11) is 0. The lowest BCUT2D eigenvalue weighted by molar-refractivity contribution is 0.303. The van der Waals surface area contributed by atoms with Gasteiger partial charge in [-0.3, -0.25) is 0 Å². The Morgan fingerprint density at radius 1 is 0.852 bits per heavy atom. The monoisotopic (exact) mass is 419 g/mol. The summed E-state index contributed by atoms with van der Waals surface area (Å²) in [5.74, 6) is 0.609. The Bertz CT molecular complexity index is 956. The maximum Gasteiger partial charge on any atom is 0.143 e. The van der Waals surface area contributed by atoms with Crippen LogP contribution in [0.4, 0.5) is 5.69 Å². The first-order valence-corrected chi connectivity index (χ1v) is 9.72. The zero-order chi connectivity index (χ0) is 19.4. The van der Waals surface area contributed by atoms with E-state index in [-0.39, 0.29) is 0 Å². The van der Waals surface area contributed by atoms with Crippen LogP contribution in [0.1, 0.15) is 22.3 Å². The smallest absolute Gasteiger partial charge is 0.143 e. The molecule has 3 rings (SSSR count). The molecule has 140 valence electrons. The molecule has 2 nitrogen and oxygen atoms in total. The lowest BCUT2D eigenvalue weighted by atomic mass is 10.1. The molecule has 0 aliphatic heterocycles. The van der Waals surface area contributed by atoms with E-state index < -0.39 is 0 Å². The third kappa shape index (κ3) is 5.10. The zero-order valence-corrected chi connectivity index (χ0v) is 17.4. The molecule has 27 heavy (non-hydrogen) atoms. The number of benzene rings is 3. The number of anilines is 1. The second-order valence-corrected chi connectivity index (χ2v) is 7.68. The SMILES string of the molecule is Cc1ccc(NCc2cc(Cl)cc(Cl)c2OCc2ccccc2Cl)c(C)c1. The predicted octanol–water partition coefficient (Wildman–Crippen LogP) is 7.45. The predicted molar refractivity (Wildman–Crippen MR) is 115 cm³/mol. The fourth-order valence-electron chi connectivity index (χ4n) is 2.87. The van der Waals surface area contributed by atoms with Crippen molar-refractivity contribution < 1.29 is 4.74 Å². The number of aryl methyl sites for hydroxylation is 2. The lowest BCUT2D eigenvalue weighted by Crippen LogP contribution is -2.05. The Morgan fingerprint density at radius 2 is 1.63 bits per heavy atom. The summed E-state index contributed by atoms with van der Waals surface area (Å²) in [6.45, 7) is 5.03. The average Bonchev–Trinajstić information content (AvgIpc) is 2.61. The minimum atomic E-state index is 0.331. The first-order chi connectivity index (χ1) is 12.9. The molecule has 3 aromatic carbocycles. The van der Waals surface area contributed by atoms with Gasteiger partial charge in [0, 0.05) is 33.4 Å². The van der Waals surface area contributed by atoms with E-state index in [1.54, 1.807) is 6.07 Å². The van der Waals surface area contributed by atoms with Crippen molar-refractivity contribution in [1.29, 1.82) is 0 Å². The van der Waals surface area contributed by atoms with Crippen LogP contribution in [0, 0.1) is 13.8 Å². The van der Waals surface area contributed by atoms with Gasteiger partial charge in [0.2, 0.25) is 0 Å². The molecule has 3 aromatic rings. The third-order valence-corrected chi connectivity index (χ3v) is 5.13. The molecule has 0 saturated heterocycles. The molecule has 0 aliphatic carbocycles. The second-order valence-electron chi connectivity index (χ2n) is 6.43. The van der Waals surface area contributed by atoms with Gasteiger partial charge in [0.15, 0.2) is 0 Å². The summed E-state index contributed by atoms with van der Waals surface area (Å²) in [6, 6.07) is 17.4. The van der Waals surface area contributed by atoms with Crippen molar-refractivity contribution >= 4 is 40.5 Å². The molecule has 0 aromatic heterocycles. The Balaban J connectivity index is 1.81. The Labute approximate surface area is 175 Å². The number of hydrogen-bond acceptors (Lipinski definition) is 2. The topological polar surface area (TPSA) is 21.3 Å². The van der Waals surface area contributed by atoms with Gasteiger partial charge < -0.3 is 10.1 Å². The summed E-state index contributed by atoms with van der Waals surface area (Å²) < 4.78 is 6.01. The van der Waals surface area contributed by atoms with Crippen molar-refractivity contribution in [2.24, 2.45) is 0 Å². The molecule has 0 aliphatic rings. The van der Waals surface area contributed by atoms with E-state index in [1.807, 2.05) is 30.3 Å². The van der Waals surface area contributed by atoms with Gasteiger partial charge in [-0.15, -0.1) is 0 Å². The zero-order valence-electron chi connectivity index (χ0n) is 15.2. The van der Waals surface area contributed by atoms with Crippen LogP contribution >= 0.6 is 34.8 Å². The lowest BCUT2D eigenvalue weighted by Gasteiger charge is -2.16. The quantitative estimate of drug-likeness (QED) is 0.447. The van der Waals surface area contributed by atoms with Crippen LogP contribution in [0.15, 0.2) is 54.6 Å². The highest BCUT2D eigenvalue weighted by Crippen LogP contribution is 2.34. The summed E-state index contributed by atoms with van der Waals surface area (Å²) in [5.41, 5.74) is 5.26. The molecular formula is C22H20Cl3NO. The fourth-order valence-corrected chi connectivity index (χ4v) is 3.65. The van der Waals surface area contributed by atoms with Crippen LogP contribution < -0.4 is 10.1 Å². The first kappa shape index (κ1) is 19.9. The molecule has 0 fully saturated rings. The largest absolute Gasteiger partial charge is 0.487 e. The summed E-state index contributed by atoms with van der Waals surface area (Å²) in [5, 5.41) is 5.15. The number of hydrogen-bond donors (Lipinski definition) is 1. The van der Waals surface area contributed by atoms with Gasteiger partial charge >= 0.3 is 0 Å².